The lowest BCUT2D eigenvalue weighted by atomic mass is 10.1. The zero-order chi connectivity index (χ0) is 19.5. The minimum Gasteiger partial charge on any atom is -0.311 e. The second-order valence-electron chi connectivity index (χ2n) is 6.04. The van der Waals surface area contributed by atoms with Gasteiger partial charge in [-0.3, -0.25) is 9.59 Å². The van der Waals surface area contributed by atoms with Crippen molar-refractivity contribution in [1.82, 2.24) is 9.97 Å². The predicted octanol–water partition coefficient (Wildman–Crippen LogP) is 4.38. The van der Waals surface area contributed by atoms with Crippen LogP contribution < -0.4 is 10.2 Å². The average Bonchev–Trinajstić information content (AvgIpc) is 2.82. The van der Waals surface area contributed by atoms with Gasteiger partial charge in [0.1, 0.15) is 10.8 Å². The number of carbonyl (C=O) groups excluding carboxylic acids is 2. The normalized spacial score (nSPS) is 12.8. The lowest BCUT2D eigenvalue weighted by Gasteiger charge is -2.22. The predicted molar refractivity (Wildman–Crippen MR) is 112 cm³/mol. The summed E-state index contributed by atoms with van der Waals surface area (Å²) >= 11 is 4.77. The third kappa shape index (κ3) is 3.93. The van der Waals surface area contributed by atoms with Crippen LogP contribution >= 0.6 is 27.7 Å². The second-order valence-corrected chi connectivity index (χ2v) is 7.99. The Bertz CT molecular complexity index is 1040. The molecule has 28 heavy (non-hydrogen) atoms. The zero-order valence-corrected chi connectivity index (χ0v) is 17.0. The van der Waals surface area contributed by atoms with Crippen molar-refractivity contribution in [3.8, 4) is 0 Å². The molecular formula is C20H15BrN4O2S. The maximum atomic E-state index is 13.1. The fourth-order valence-electron chi connectivity index (χ4n) is 2.85. The quantitative estimate of drug-likeness (QED) is 0.632. The number of amides is 2. The van der Waals surface area contributed by atoms with E-state index < -0.39 is 0 Å². The molecule has 0 bridgehead atoms. The molecule has 3 heterocycles. The van der Waals surface area contributed by atoms with Crippen LogP contribution in [0.15, 0.2) is 75.3 Å². The highest BCUT2D eigenvalue weighted by atomic mass is 79.9. The van der Waals surface area contributed by atoms with Crippen LogP contribution in [0.3, 0.4) is 0 Å². The van der Waals surface area contributed by atoms with Crippen molar-refractivity contribution in [2.75, 3.05) is 16.8 Å². The summed E-state index contributed by atoms with van der Waals surface area (Å²) in [6.45, 7) is 0.245. The molecule has 140 valence electrons. The summed E-state index contributed by atoms with van der Waals surface area (Å²) in [5.41, 5.74) is 1.32. The van der Waals surface area contributed by atoms with Gasteiger partial charge in [-0.1, -0.05) is 23.9 Å². The van der Waals surface area contributed by atoms with Gasteiger partial charge in [-0.2, -0.15) is 0 Å². The van der Waals surface area contributed by atoms with E-state index in [1.165, 1.54) is 11.8 Å². The molecule has 1 aromatic carbocycles. The molecule has 1 aliphatic heterocycles. The summed E-state index contributed by atoms with van der Waals surface area (Å²) in [5.74, 6) is 0.126. The minimum atomic E-state index is -0.210. The standard InChI is InChI=1S/C20H15BrN4O2S/c21-13-7-8-17(23-12-13)24-18(26)9-11-25-15-5-3-10-22-19(15)28-16-6-2-1-4-14(16)20(25)27/h1-8,10,12H,9,11H2,(H,23,24,26). The number of fused-ring (bicyclic) bond motifs is 2. The molecule has 8 heteroatoms. The number of aromatic nitrogens is 2. The minimum absolute atomic E-state index is 0.135. The van der Waals surface area contributed by atoms with Gasteiger partial charge in [0.2, 0.25) is 5.91 Å². The number of halogens is 1. The van der Waals surface area contributed by atoms with Crippen LogP contribution in [0, 0.1) is 0 Å². The number of pyridine rings is 2. The summed E-state index contributed by atoms with van der Waals surface area (Å²) in [5, 5.41) is 3.50. The molecule has 0 unspecified atom stereocenters. The van der Waals surface area contributed by atoms with Gasteiger partial charge in [0.25, 0.3) is 5.91 Å². The van der Waals surface area contributed by atoms with E-state index in [9.17, 15) is 9.59 Å². The van der Waals surface area contributed by atoms with E-state index in [1.54, 1.807) is 41.6 Å². The Labute approximate surface area is 174 Å². The molecule has 0 aliphatic carbocycles. The van der Waals surface area contributed by atoms with E-state index in [2.05, 4.69) is 31.2 Å². The lowest BCUT2D eigenvalue weighted by molar-refractivity contribution is -0.116. The number of nitrogens with one attached hydrogen (secondary N) is 1. The van der Waals surface area contributed by atoms with E-state index in [-0.39, 0.29) is 24.8 Å². The van der Waals surface area contributed by atoms with Crippen LogP contribution in [0.2, 0.25) is 0 Å². The summed E-state index contributed by atoms with van der Waals surface area (Å²) < 4.78 is 0.834. The third-order valence-electron chi connectivity index (χ3n) is 4.17. The first-order chi connectivity index (χ1) is 13.6. The van der Waals surface area contributed by atoms with E-state index in [1.807, 2.05) is 24.3 Å². The van der Waals surface area contributed by atoms with Crippen LogP contribution in [0.1, 0.15) is 16.8 Å². The smallest absolute Gasteiger partial charge is 0.259 e. The average molecular weight is 455 g/mol. The first-order valence-corrected chi connectivity index (χ1v) is 10.2. The van der Waals surface area contributed by atoms with Crippen LogP contribution in [-0.4, -0.2) is 28.3 Å². The number of rotatable bonds is 4. The largest absolute Gasteiger partial charge is 0.311 e. The van der Waals surface area contributed by atoms with Crippen molar-refractivity contribution in [3.05, 3.63) is 71.0 Å². The lowest BCUT2D eigenvalue weighted by Crippen LogP contribution is -2.34. The summed E-state index contributed by atoms with van der Waals surface area (Å²) in [4.78, 5) is 36.5. The van der Waals surface area contributed by atoms with Crippen molar-refractivity contribution in [1.29, 1.82) is 0 Å². The van der Waals surface area contributed by atoms with Crippen molar-refractivity contribution in [2.45, 2.75) is 16.3 Å². The van der Waals surface area contributed by atoms with Crippen LogP contribution in [-0.2, 0) is 4.79 Å². The van der Waals surface area contributed by atoms with Crippen LogP contribution in [0.5, 0.6) is 0 Å². The van der Waals surface area contributed by atoms with Gasteiger partial charge in [0, 0.05) is 34.7 Å². The number of hydrogen-bond acceptors (Lipinski definition) is 5. The molecule has 6 nitrogen and oxygen atoms in total. The molecule has 0 atom stereocenters. The molecule has 1 aliphatic rings. The highest BCUT2D eigenvalue weighted by Crippen LogP contribution is 2.39. The first kappa shape index (κ1) is 18.6. The molecular weight excluding hydrogens is 440 g/mol. The molecule has 1 N–H and O–H groups in total. The fraction of sp³-hybridized carbons (Fsp3) is 0.100. The Kier molecular flexibility index (Phi) is 5.40. The van der Waals surface area contributed by atoms with Gasteiger partial charge in [-0.05, 0) is 52.3 Å². The Morgan fingerprint density at radius 2 is 1.96 bits per heavy atom. The van der Waals surface area contributed by atoms with Gasteiger partial charge >= 0.3 is 0 Å². The monoisotopic (exact) mass is 454 g/mol. The van der Waals surface area contributed by atoms with Gasteiger partial charge < -0.3 is 10.2 Å². The topological polar surface area (TPSA) is 75.2 Å². The highest BCUT2D eigenvalue weighted by molar-refractivity contribution is 9.10. The number of hydrogen-bond donors (Lipinski definition) is 1. The molecule has 0 radical (unpaired) electrons. The second kappa shape index (κ2) is 8.12. The maximum Gasteiger partial charge on any atom is 0.259 e. The van der Waals surface area contributed by atoms with Crippen molar-refractivity contribution < 1.29 is 9.59 Å². The van der Waals surface area contributed by atoms with Crippen molar-refractivity contribution in [3.63, 3.8) is 0 Å². The summed E-state index contributed by atoms with van der Waals surface area (Å²) in [7, 11) is 0. The molecule has 4 rings (SSSR count). The summed E-state index contributed by atoms with van der Waals surface area (Å²) in [6, 6.07) is 14.6. The highest BCUT2D eigenvalue weighted by Gasteiger charge is 2.28. The number of anilines is 2. The van der Waals surface area contributed by atoms with Gasteiger partial charge in [-0.15, -0.1) is 0 Å². The zero-order valence-electron chi connectivity index (χ0n) is 14.6. The Morgan fingerprint density at radius 3 is 2.79 bits per heavy atom. The molecule has 2 amide bonds. The number of benzene rings is 1. The van der Waals surface area contributed by atoms with Crippen LogP contribution in [0.4, 0.5) is 11.5 Å². The SMILES string of the molecule is O=C(CCN1C(=O)c2ccccc2Sc2ncccc21)Nc1ccc(Br)cn1. The number of nitrogens with zero attached hydrogens (tertiary/aromatic N) is 3. The fourth-order valence-corrected chi connectivity index (χ4v) is 4.10. The van der Waals surface area contributed by atoms with E-state index in [4.69, 9.17) is 0 Å². The first-order valence-electron chi connectivity index (χ1n) is 8.57. The molecule has 2 aromatic heterocycles. The maximum absolute atomic E-state index is 13.1. The Balaban J connectivity index is 1.55. The van der Waals surface area contributed by atoms with Gasteiger partial charge in [0.15, 0.2) is 0 Å². The summed E-state index contributed by atoms with van der Waals surface area (Å²) in [6.07, 6.45) is 3.46. The van der Waals surface area contributed by atoms with Gasteiger partial charge in [-0.25, -0.2) is 9.97 Å². The molecule has 0 spiro atoms. The van der Waals surface area contributed by atoms with E-state index >= 15 is 0 Å². The van der Waals surface area contributed by atoms with Crippen LogP contribution in [0.25, 0.3) is 0 Å². The molecule has 3 aromatic rings. The molecule has 0 saturated carbocycles. The van der Waals surface area contributed by atoms with Crippen molar-refractivity contribution in [2.24, 2.45) is 0 Å². The van der Waals surface area contributed by atoms with Gasteiger partial charge in [0.05, 0.1) is 11.3 Å². The molecule has 0 fully saturated rings. The van der Waals surface area contributed by atoms with E-state index in [0.717, 1.165) is 14.4 Å². The molecule has 0 saturated heterocycles. The third-order valence-corrected chi connectivity index (χ3v) is 5.72. The Hall–Kier alpha value is -2.71. The number of carbonyl (C=O) groups is 2. The van der Waals surface area contributed by atoms with E-state index in [0.29, 0.717) is 17.1 Å². The van der Waals surface area contributed by atoms with Crippen molar-refractivity contribution >= 4 is 51.0 Å². The Morgan fingerprint density at radius 1 is 1.11 bits per heavy atom.